The minimum absolute atomic E-state index is 0. The number of carbonyl (C=O) groups excluding carboxylic acids is 1. The third kappa shape index (κ3) is 4.45. The summed E-state index contributed by atoms with van der Waals surface area (Å²) in [5.74, 6) is 1.03. The lowest BCUT2D eigenvalue weighted by atomic mass is 10.1. The molecular weight excluding hydrogens is 382 g/mol. The van der Waals surface area contributed by atoms with Crippen LogP contribution in [0.5, 0.6) is 5.75 Å². The van der Waals surface area contributed by atoms with Crippen LogP contribution in [0.1, 0.15) is 52.3 Å². The molecule has 2 heterocycles. The number of ether oxygens (including phenoxy) is 1. The lowest BCUT2D eigenvalue weighted by Crippen LogP contribution is -2.38. The van der Waals surface area contributed by atoms with Crippen LogP contribution < -0.4 is 10.5 Å². The Morgan fingerprint density at radius 3 is 2.93 bits per heavy atom. The Morgan fingerprint density at radius 2 is 2.15 bits per heavy atom. The summed E-state index contributed by atoms with van der Waals surface area (Å²) in [7, 11) is 0. The van der Waals surface area contributed by atoms with E-state index >= 15 is 0 Å². The Kier molecular flexibility index (Phi) is 6.73. The van der Waals surface area contributed by atoms with Crippen molar-refractivity contribution in [2.24, 2.45) is 5.73 Å². The molecule has 5 nitrogen and oxygen atoms in total. The van der Waals surface area contributed by atoms with Gasteiger partial charge in [0.15, 0.2) is 0 Å². The second-order valence-electron chi connectivity index (χ2n) is 7.08. The van der Waals surface area contributed by atoms with E-state index in [1.54, 1.807) is 0 Å². The lowest BCUT2D eigenvalue weighted by molar-refractivity contribution is 0.0659. The highest BCUT2D eigenvalue weighted by Crippen LogP contribution is 2.30. The monoisotopic (exact) mass is 407 g/mol. The fourth-order valence-corrected chi connectivity index (χ4v) is 4.70. The molecule has 0 atom stereocenters. The smallest absolute Gasteiger partial charge is 0.273 e. The van der Waals surface area contributed by atoms with Gasteiger partial charge in [0.2, 0.25) is 0 Å². The van der Waals surface area contributed by atoms with Crippen molar-refractivity contribution in [1.29, 1.82) is 0 Å². The highest BCUT2D eigenvalue weighted by Gasteiger charge is 2.29. The van der Waals surface area contributed by atoms with E-state index in [1.165, 1.54) is 35.3 Å². The van der Waals surface area contributed by atoms with Gasteiger partial charge in [-0.1, -0.05) is 25.0 Å². The summed E-state index contributed by atoms with van der Waals surface area (Å²) >= 11 is 1.53. The Bertz CT molecular complexity index is 789. The van der Waals surface area contributed by atoms with E-state index in [9.17, 15) is 4.79 Å². The van der Waals surface area contributed by atoms with Gasteiger partial charge in [0.25, 0.3) is 5.91 Å². The first kappa shape index (κ1) is 20.1. The second kappa shape index (κ2) is 9.04. The van der Waals surface area contributed by atoms with Crippen LogP contribution in [-0.4, -0.2) is 35.0 Å². The molecule has 7 heteroatoms. The zero-order valence-electron chi connectivity index (χ0n) is 15.4. The molecule has 0 saturated heterocycles. The normalized spacial score (nSPS) is 15.9. The molecule has 2 aliphatic rings. The summed E-state index contributed by atoms with van der Waals surface area (Å²) in [6.07, 6.45) is 6.24. The number of rotatable bonds is 6. The number of amides is 1. The first-order valence-electron chi connectivity index (χ1n) is 9.44. The number of benzene rings is 1. The van der Waals surface area contributed by atoms with Gasteiger partial charge in [0.05, 0.1) is 11.6 Å². The van der Waals surface area contributed by atoms with Gasteiger partial charge >= 0.3 is 0 Å². The molecule has 2 N–H and O–H groups in total. The molecular formula is C20H26ClN3O2S. The largest absolute Gasteiger partial charge is 0.493 e. The predicted molar refractivity (Wildman–Crippen MR) is 110 cm³/mol. The predicted octanol–water partition coefficient (Wildman–Crippen LogP) is 3.59. The summed E-state index contributed by atoms with van der Waals surface area (Å²) in [4.78, 5) is 19.8. The topological polar surface area (TPSA) is 68.5 Å². The molecule has 0 radical (unpaired) electrons. The van der Waals surface area contributed by atoms with Crippen molar-refractivity contribution in [3.8, 4) is 5.75 Å². The Morgan fingerprint density at radius 1 is 1.33 bits per heavy atom. The van der Waals surface area contributed by atoms with E-state index in [1.807, 2.05) is 16.3 Å². The maximum absolute atomic E-state index is 13.2. The highest BCUT2D eigenvalue weighted by atomic mass is 35.5. The molecule has 0 spiro atoms. The van der Waals surface area contributed by atoms with Crippen molar-refractivity contribution in [3.63, 3.8) is 0 Å². The fraction of sp³-hybridized carbons (Fsp3) is 0.500. The molecule has 0 bridgehead atoms. The zero-order chi connectivity index (χ0) is 17.9. The Balaban J connectivity index is 0.00000210. The maximum atomic E-state index is 13.2. The molecule has 2 aromatic rings. The quantitative estimate of drug-likeness (QED) is 0.794. The molecule has 1 aliphatic heterocycles. The number of fused-ring (bicyclic) bond motifs is 1. The van der Waals surface area contributed by atoms with Crippen LogP contribution in [0, 0.1) is 0 Å². The SMILES string of the molecule is Cl.NCCc1nc(C(=O)N(Cc2ccc3c(c2)CCO3)C2CCCC2)cs1. The summed E-state index contributed by atoms with van der Waals surface area (Å²) in [5.41, 5.74) is 8.60. The van der Waals surface area contributed by atoms with Crippen molar-refractivity contribution in [2.75, 3.05) is 13.2 Å². The van der Waals surface area contributed by atoms with Gasteiger partial charge in [-0.25, -0.2) is 4.98 Å². The number of nitrogens with two attached hydrogens (primary N) is 1. The minimum Gasteiger partial charge on any atom is -0.493 e. The molecule has 0 unspecified atom stereocenters. The standard InChI is InChI=1S/C20H25N3O2S.ClH/c21-9-7-19-22-17(13-26-19)20(24)23(16-3-1-2-4-16)12-14-5-6-18-15(11-14)8-10-25-18;/h5-6,11,13,16H,1-4,7-10,12,21H2;1H. The van der Waals surface area contributed by atoms with Gasteiger partial charge in [0.1, 0.15) is 11.4 Å². The van der Waals surface area contributed by atoms with E-state index in [2.05, 4.69) is 17.1 Å². The molecule has 4 rings (SSSR count). The van der Waals surface area contributed by atoms with E-state index in [0.717, 1.165) is 43.0 Å². The highest BCUT2D eigenvalue weighted by molar-refractivity contribution is 7.09. The molecule has 1 aliphatic carbocycles. The molecule has 1 saturated carbocycles. The molecule has 1 fully saturated rings. The molecule has 27 heavy (non-hydrogen) atoms. The third-order valence-corrected chi connectivity index (χ3v) is 6.17. The van der Waals surface area contributed by atoms with Gasteiger partial charge in [-0.05, 0) is 36.6 Å². The number of hydrogen-bond donors (Lipinski definition) is 1. The fourth-order valence-electron chi connectivity index (χ4n) is 3.91. The minimum atomic E-state index is 0. The first-order valence-corrected chi connectivity index (χ1v) is 10.3. The van der Waals surface area contributed by atoms with Gasteiger partial charge in [-0.15, -0.1) is 23.7 Å². The number of halogens is 1. The van der Waals surface area contributed by atoms with Crippen molar-refractivity contribution < 1.29 is 9.53 Å². The van der Waals surface area contributed by atoms with Gasteiger partial charge in [-0.2, -0.15) is 0 Å². The number of hydrogen-bond acceptors (Lipinski definition) is 5. The Hall–Kier alpha value is -1.63. The van der Waals surface area contributed by atoms with E-state index in [0.29, 0.717) is 24.8 Å². The number of nitrogens with zero attached hydrogens (tertiary/aromatic N) is 2. The van der Waals surface area contributed by atoms with Crippen LogP contribution in [0.4, 0.5) is 0 Å². The van der Waals surface area contributed by atoms with Crippen LogP contribution in [0.2, 0.25) is 0 Å². The van der Waals surface area contributed by atoms with Gasteiger partial charge in [0, 0.05) is 30.8 Å². The van der Waals surface area contributed by atoms with Crippen LogP contribution in [-0.2, 0) is 19.4 Å². The average molecular weight is 408 g/mol. The maximum Gasteiger partial charge on any atom is 0.273 e. The molecule has 146 valence electrons. The number of thiazole rings is 1. The van der Waals surface area contributed by atoms with Crippen LogP contribution >= 0.6 is 23.7 Å². The second-order valence-corrected chi connectivity index (χ2v) is 8.02. The van der Waals surface area contributed by atoms with Crippen molar-refractivity contribution in [1.82, 2.24) is 9.88 Å². The molecule has 1 aromatic carbocycles. The van der Waals surface area contributed by atoms with Gasteiger partial charge in [-0.3, -0.25) is 4.79 Å². The van der Waals surface area contributed by atoms with Crippen molar-refractivity contribution in [3.05, 3.63) is 45.4 Å². The molecule has 1 aromatic heterocycles. The van der Waals surface area contributed by atoms with E-state index < -0.39 is 0 Å². The average Bonchev–Trinajstić information content (AvgIpc) is 3.39. The van der Waals surface area contributed by atoms with Gasteiger partial charge < -0.3 is 15.4 Å². The first-order chi connectivity index (χ1) is 12.7. The summed E-state index contributed by atoms with van der Waals surface area (Å²) in [6, 6.07) is 6.63. The zero-order valence-corrected chi connectivity index (χ0v) is 17.0. The van der Waals surface area contributed by atoms with Crippen molar-refractivity contribution in [2.45, 2.75) is 51.1 Å². The summed E-state index contributed by atoms with van der Waals surface area (Å²) in [5, 5.41) is 2.82. The van der Waals surface area contributed by atoms with Crippen molar-refractivity contribution >= 4 is 29.7 Å². The third-order valence-electron chi connectivity index (χ3n) is 5.26. The van der Waals surface area contributed by atoms with Crippen LogP contribution in [0.25, 0.3) is 0 Å². The summed E-state index contributed by atoms with van der Waals surface area (Å²) < 4.78 is 5.60. The summed E-state index contributed by atoms with van der Waals surface area (Å²) in [6.45, 7) is 1.96. The van der Waals surface area contributed by atoms with Crippen LogP contribution in [0.3, 0.4) is 0 Å². The lowest BCUT2D eigenvalue weighted by Gasteiger charge is -2.28. The van der Waals surface area contributed by atoms with E-state index in [-0.39, 0.29) is 18.3 Å². The number of carbonyl (C=O) groups is 1. The Labute approximate surface area is 170 Å². The number of aromatic nitrogens is 1. The van der Waals surface area contributed by atoms with Crippen LogP contribution in [0.15, 0.2) is 23.6 Å². The molecule has 1 amide bonds. The van der Waals surface area contributed by atoms with E-state index in [4.69, 9.17) is 10.5 Å².